The van der Waals surface area contributed by atoms with Gasteiger partial charge in [0.2, 0.25) is 0 Å². The Morgan fingerprint density at radius 2 is 1.00 bits per heavy atom. The molecule has 0 aromatic rings. The predicted molar refractivity (Wildman–Crippen MR) is 62.0 cm³/mol. The van der Waals surface area contributed by atoms with Gasteiger partial charge in [0.05, 0.1) is 8.16 Å². The van der Waals surface area contributed by atoms with Crippen LogP contribution in [0.1, 0.15) is 26.7 Å². The summed E-state index contributed by atoms with van der Waals surface area (Å²) in [6.07, 6.45) is 1.81. The van der Waals surface area contributed by atoms with E-state index in [1.54, 1.807) is 0 Å². The first-order chi connectivity index (χ1) is 4.21. The Kier molecular flexibility index (Phi) is 4.42. The van der Waals surface area contributed by atoms with Crippen LogP contribution in [-0.4, -0.2) is 8.16 Å². The summed E-state index contributed by atoms with van der Waals surface area (Å²) in [5.41, 5.74) is 0. The minimum Gasteiger partial charge on any atom is -0.162 e. The van der Waals surface area contributed by atoms with Crippen LogP contribution in [0.5, 0.6) is 0 Å². The number of hydrogen-bond donors (Lipinski definition) is 4. The third-order valence-electron chi connectivity index (χ3n) is 1.07. The van der Waals surface area contributed by atoms with Crippen molar-refractivity contribution in [3.63, 3.8) is 0 Å². The van der Waals surface area contributed by atoms with Crippen LogP contribution < -0.4 is 0 Å². The Labute approximate surface area is 85.2 Å². The third kappa shape index (κ3) is 9.40. The fourth-order valence-electron chi connectivity index (χ4n) is 0.474. The largest absolute Gasteiger partial charge is 0.162 e. The van der Waals surface area contributed by atoms with Gasteiger partial charge in [0.1, 0.15) is 0 Å². The Bertz CT molecular complexity index is 83.3. The van der Waals surface area contributed by atoms with Crippen molar-refractivity contribution in [1.29, 1.82) is 0 Å². The molecule has 0 fully saturated rings. The van der Waals surface area contributed by atoms with Gasteiger partial charge in [-0.15, -0.1) is 0 Å². The summed E-state index contributed by atoms with van der Waals surface area (Å²) in [6, 6.07) is 0. The molecule has 0 nitrogen and oxygen atoms in total. The molecule has 0 amide bonds. The Morgan fingerprint density at radius 1 is 0.800 bits per heavy atom. The maximum atomic E-state index is 4.26. The average Bonchev–Trinajstić information content (AvgIpc) is 1.57. The van der Waals surface area contributed by atoms with Crippen LogP contribution in [0.2, 0.25) is 0 Å². The molecule has 0 N–H and O–H groups in total. The highest BCUT2D eigenvalue weighted by Gasteiger charge is 2.19. The van der Waals surface area contributed by atoms with Gasteiger partial charge < -0.3 is 0 Å². The van der Waals surface area contributed by atoms with E-state index in [4.69, 9.17) is 0 Å². The molecule has 0 aliphatic rings. The lowest BCUT2D eigenvalue weighted by Crippen LogP contribution is -2.14. The van der Waals surface area contributed by atoms with E-state index in [9.17, 15) is 0 Å². The van der Waals surface area contributed by atoms with E-state index in [1.165, 1.54) is 0 Å². The molecule has 0 bridgehead atoms. The van der Waals surface area contributed by atoms with Gasteiger partial charge in [0.25, 0.3) is 0 Å². The molecule has 0 atom stereocenters. The molecule has 0 aromatic heterocycles. The second-order valence-corrected chi connectivity index (χ2v) is 7.59. The van der Waals surface area contributed by atoms with Crippen molar-refractivity contribution in [1.82, 2.24) is 0 Å². The van der Waals surface area contributed by atoms with E-state index in [-0.39, 0.29) is 8.16 Å². The van der Waals surface area contributed by atoms with E-state index in [1.807, 2.05) is 13.8 Å². The lowest BCUT2D eigenvalue weighted by Gasteiger charge is -2.22. The van der Waals surface area contributed by atoms with Crippen LogP contribution in [0.15, 0.2) is 0 Å². The summed E-state index contributed by atoms with van der Waals surface area (Å²) in [5.74, 6) is 0. The van der Waals surface area contributed by atoms with Crippen molar-refractivity contribution < 1.29 is 0 Å². The van der Waals surface area contributed by atoms with E-state index in [2.05, 4.69) is 50.5 Å². The fourth-order valence-corrected chi connectivity index (χ4v) is 0.921. The van der Waals surface area contributed by atoms with E-state index < -0.39 is 0 Å². The highest BCUT2D eigenvalue weighted by atomic mass is 32.2. The molecule has 4 heteroatoms. The zero-order valence-electron chi connectivity index (χ0n) is 6.20. The lowest BCUT2D eigenvalue weighted by atomic mass is 10.2. The number of thiol groups is 4. The molecular weight excluding hydrogens is 200 g/mol. The summed E-state index contributed by atoms with van der Waals surface area (Å²) < 4.78 is -0.403. The second kappa shape index (κ2) is 3.87. The molecule has 0 aliphatic carbocycles. The van der Waals surface area contributed by atoms with Gasteiger partial charge in [-0.3, -0.25) is 0 Å². The molecule has 10 heavy (non-hydrogen) atoms. The second-order valence-electron chi connectivity index (χ2n) is 2.93. The Hall–Kier alpha value is 1.40. The van der Waals surface area contributed by atoms with Gasteiger partial charge >= 0.3 is 0 Å². The first-order valence-electron chi connectivity index (χ1n) is 3.10. The smallest absolute Gasteiger partial charge is 0.0524 e. The molecular formula is C6H14S4. The highest BCUT2D eigenvalue weighted by Crippen LogP contribution is 2.32. The van der Waals surface area contributed by atoms with E-state index >= 15 is 0 Å². The standard InChI is InChI=1S/C6H14S4/c1-5(7,8)3-4-6(2,9)10/h7-10H,3-4H2,1-2H3. The predicted octanol–water partition coefficient (Wildman–Crippen LogP) is 2.92. The van der Waals surface area contributed by atoms with Crippen molar-refractivity contribution in [3.8, 4) is 0 Å². The third-order valence-corrected chi connectivity index (χ3v) is 1.97. The summed E-state index contributed by atoms with van der Waals surface area (Å²) >= 11 is 17.1. The van der Waals surface area contributed by atoms with Crippen LogP contribution in [-0.2, 0) is 0 Å². The van der Waals surface area contributed by atoms with Crippen LogP contribution in [0, 0.1) is 0 Å². The number of hydrogen-bond acceptors (Lipinski definition) is 4. The van der Waals surface area contributed by atoms with Crippen molar-refractivity contribution in [2.45, 2.75) is 34.8 Å². The average molecular weight is 214 g/mol. The highest BCUT2D eigenvalue weighted by molar-refractivity contribution is 8.01. The van der Waals surface area contributed by atoms with Gasteiger partial charge in [-0.2, -0.15) is 50.5 Å². The minimum atomic E-state index is -0.202. The van der Waals surface area contributed by atoms with Crippen LogP contribution in [0.4, 0.5) is 0 Å². The summed E-state index contributed by atoms with van der Waals surface area (Å²) in [4.78, 5) is 0. The molecule has 0 aromatic carbocycles. The lowest BCUT2D eigenvalue weighted by molar-refractivity contribution is 0.680. The maximum Gasteiger partial charge on any atom is 0.0524 e. The van der Waals surface area contributed by atoms with Gasteiger partial charge in [0, 0.05) is 0 Å². The molecule has 62 valence electrons. The number of rotatable bonds is 3. The molecule has 0 saturated heterocycles. The van der Waals surface area contributed by atoms with E-state index in [0.717, 1.165) is 12.8 Å². The molecule has 0 unspecified atom stereocenters. The van der Waals surface area contributed by atoms with Gasteiger partial charge in [-0.1, -0.05) is 0 Å². The van der Waals surface area contributed by atoms with Gasteiger partial charge in [-0.05, 0) is 26.7 Å². The molecule has 0 rings (SSSR count). The van der Waals surface area contributed by atoms with Crippen molar-refractivity contribution >= 4 is 50.5 Å². The fraction of sp³-hybridized carbons (Fsp3) is 1.00. The van der Waals surface area contributed by atoms with Crippen LogP contribution in [0.3, 0.4) is 0 Å². The molecule has 0 heterocycles. The monoisotopic (exact) mass is 214 g/mol. The molecule has 0 aliphatic heterocycles. The zero-order valence-corrected chi connectivity index (χ0v) is 9.78. The quantitative estimate of drug-likeness (QED) is 0.403. The Morgan fingerprint density at radius 3 is 1.10 bits per heavy atom. The first-order valence-corrected chi connectivity index (χ1v) is 4.89. The normalized spacial score (nSPS) is 13.8. The van der Waals surface area contributed by atoms with Gasteiger partial charge in [-0.25, -0.2) is 0 Å². The van der Waals surface area contributed by atoms with Crippen molar-refractivity contribution in [3.05, 3.63) is 0 Å². The molecule has 0 radical (unpaired) electrons. The molecule has 0 saturated carbocycles. The maximum absolute atomic E-state index is 4.26. The molecule has 0 spiro atoms. The van der Waals surface area contributed by atoms with Crippen LogP contribution >= 0.6 is 50.5 Å². The van der Waals surface area contributed by atoms with Crippen molar-refractivity contribution in [2.24, 2.45) is 0 Å². The zero-order chi connectivity index (χ0) is 8.41. The first kappa shape index (κ1) is 11.4. The Balaban J connectivity index is 3.56. The summed E-state index contributed by atoms with van der Waals surface area (Å²) in [7, 11) is 0. The van der Waals surface area contributed by atoms with Gasteiger partial charge in [0.15, 0.2) is 0 Å². The topological polar surface area (TPSA) is 0 Å². The van der Waals surface area contributed by atoms with Crippen LogP contribution in [0.25, 0.3) is 0 Å². The SMILES string of the molecule is CC(S)(S)CCC(C)(S)S. The van der Waals surface area contributed by atoms with Crippen molar-refractivity contribution in [2.75, 3.05) is 0 Å². The summed E-state index contributed by atoms with van der Waals surface area (Å²) in [5, 5.41) is 0. The summed E-state index contributed by atoms with van der Waals surface area (Å²) in [6.45, 7) is 3.93. The minimum absolute atomic E-state index is 0.202. The van der Waals surface area contributed by atoms with E-state index in [0.29, 0.717) is 0 Å².